The molecule has 1 aromatic heterocycles. The average molecular weight is 482 g/mol. The molecule has 0 saturated heterocycles. The molecule has 0 radical (unpaired) electrons. The fraction of sp³-hybridized carbons (Fsp3) is 0.727. The Bertz CT molecular complexity index is 678. The minimum atomic E-state index is 0.586. The maximum atomic E-state index is 3.25. The second-order valence-electron chi connectivity index (χ2n) is 10.9. The number of benzene rings is 1. The van der Waals surface area contributed by atoms with Gasteiger partial charge < -0.3 is 0 Å². The van der Waals surface area contributed by atoms with Gasteiger partial charge in [-0.15, -0.1) is 0 Å². The van der Waals surface area contributed by atoms with Gasteiger partial charge in [-0.3, -0.25) is 4.98 Å². The van der Waals surface area contributed by atoms with Crippen molar-refractivity contribution in [1.82, 2.24) is 4.98 Å². The summed E-state index contributed by atoms with van der Waals surface area (Å²) in [6, 6.07) is 11.7. The lowest BCUT2D eigenvalue weighted by molar-refractivity contribution is -0.729. The monoisotopic (exact) mass is 481 g/mol. The van der Waals surface area contributed by atoms with Crippen LogP contribution in [-0.4, -0.2) is 4.98 Å². The third kappa shape index (κ3) is 13.9. The van der Waals surface area contributed by atoms with Crippen LogP contribution in [0, 0.1) is 5.92 Å². The minimum Gasteiger partial charge on any atom is -0.250 e. The molecule has 0 spiro atoms. The number of hydrogen-bond acceptors (Lipinski definition) is 0. The van der Waals surface area contributed by atoms with Gasteiger partial charge in [0.25, 0.3) is 0 Å². The summed E-state index contributed by atoms with van der Waals surface area (Å²) in [5.41, 5.74) is 1.49. The zero-order chi connectivity index (χ0) is 24.8. The maximum Gasteiger partial charge on any atom is 0.241 e. The van der Waals surface area contributed by atoms with Crippen LogP contribution in [0.25, 0.3) is 0 Å². The molecular formula is C33H57N2+. The second kappa shape index (κ2) is 20.6. The molecule has 2 nitrogen and oxygen atoms in total. The molecule has 2 aromatic rings. The van der Waals surface area contributed by atoms with Gasteiger partial charge in [0, 0.05) is 5.92 Å². The molecule has 0 fully saturated rings. The van der Waals surface area contributed by atoms with Gasteiger partial charge >= 0.3 is 0 Å². The number of aromatic amines is 1. The van der Waals surface area contributed by atoms with Crippen LogP contribution >= 0.6 is 0 Å². The number of nitrogens with one attached hydrogen (secondary N) is 1. The first-order valence-corrected chi connectivity index (χ1v) is 15.4. The van der Waals surface area contributed by atoms with E-state index in [2.05, 4.69) is 72.5 Å². The van der Waals surface area contributed by atoms with Crippen molar-refractivity contribution in [2.24, 2.45) is 5.92 Å². The predicted molar refractivity (Wildman–Crippen MR) is 153 cm³/mol. The van der Waals surface area contributed by atoms with Crippen LogP contribution in [0.4, 0.5) is 0 Å². The van der Waals surface area contributed by atoms with E-state index >= 15 is 0 Å². The standard InChI is InChI=1S/C33H56N2/c1-3-5-6-7-8-9-10-11-12-13-14-15-16-17-18-19-23-26-32(29-31-24-21-20-22-25-31)33(4-2)35-28-27-34-30-35/h20-22,24-25,27-28,30,32-33H,3-19,23,26,29H2,1-2H3/p+1. The molecule has 1 N–H and O–H groups in total. The van der Waals surface area contributed by atoms with E-state index in [9.17, 15) is 0 Å². The Morgan fingerprint density at radius 1 is 0.657 bits per heavy atom. The first-order chi connectivity index (χ1) is 17.3. The zero-order valence-corrected chi connectivity index (χ0v) is 23.4. The van der Waals surface area contributed by atoms with Crippen LogP contribution in [0.2, 0.25) is 0 Å². The highest BCUT2D eigenvalue weighted by Gasteiger charge is 2.25. The van der Waals surface area contributed by atoms with Crippen LogP contribution in [0.15, 0.2) is 49.1 Å². The van der Waals surface area contributed by atoms with E-state index in [1.54, 1.807) is 0 Å². The van der Waals surface area contributed by atoms with E-state index in [4.69, 9.17) is 0 Å². The van der Waals surface area contributed by atoms with Crippen LogP contribution in [0.3, 0.4) is 0 Å². The van der Waals surface area contributed by atoms with Crippen LogP contribution in [0.1, 0.15) is 147 Å². The Morgan fingerprint density at radius 2 is 1.17 bits per heavy atom. The first kappa shape index (κ1) is 29.7. The molecule has 2 unspecified atom stereocenters. The van der Waals surface area contributed by atoms with Crippen LogP contribution in [-0.2, 0) is 6.42 Å². The third-order valence-corrected chi connectivity index (χ3v) is 7.93. The maximum absolute atomic E-state index is 3.25. The van der Waals surface area contributed by atoms with E-state index in [1.807, 2.05) is 0 Å². The molecule has 2 rings (SSSR count). The predicted octanol–water partition coefficient (Wildman–Crippen LogP) is 10.2. The summed E-state index contributed by atoms with van der Waals surface area (Å²) in [6.07, 6.45) is 34.6. The summed E-state index contributed by atoms with van der Waals surface area (Å²) < 4.78 is 2.40. The number of nitrogens with zero attached hydrogens (tertiary/aromatic N) is 1. The van der Waals surface area contributed by atoms with Crippen molar-refractivity contribution in [2.45, 2.75) is 148 Å². The van der Waals surface area contributed by atoms with Crippen LogP contribution < -0.4 is 4.57 Å². The summed E-state index contributed by atoms with van der Waals surface area (Å²) in [4.78, 5) is 3.25. The number of imidazole rings is 1. The highest BCUT2D eigenvalue weighted by atomic mass is 15.1. The smallest absolute Gasteiger partial charge is 0.241 e. The largest absolute Gasteiger partial charge is 0.250 e. The molecule has 0 aliphatic carbocycles. The van der Waals surface area contributed by atoms with E-state index < -0.39 is 0 Å². The quantitative estimate of drug-likeness (QED) is 0.120. The number of H-pyrrole nitrogens is 1. The summed E-state index contributed by atoms with van der Waals surface area (Å²) in [5, 5.41) is 0. The highest BCUT2D eigenvalue weighted by Crippen LogP contribution is 2.27. The van der Waals surface area contributed by atoms with E-state index in [1.165, 1.54) is 134 Å². The van der Waals surface area contributed by atoms with Gasteiger partial charge in [-0.25, -0.2) is 4.57 Å². The second-order valence-corrected chi connectivity index (χ2v) is 10.9. The Hall–Kier alpha value is -1.57. The molecule has 198 valence electrons. The van der Waals surface area contributed by atoms with Gasteiger partial charge in [-0.2, -0.15) is 0 Å². The van der Waals surface area contributed by atoms with Crippen molar-refractivity contribution in [1.29, 1.82) is 0 Å². The Kier molecular flexibility index (Phi) is 17.5. The summed E-state index contributed by atoms with van der Waals surface area (Å²) >= 11 is 0. The van der Waals surface area contributed by atoms with Gasteiger partial charge in [0.1, 0.15) is 18.4 Å². The zero-order valence-electron chi connectivity index (χ0n) is 23.4. The lowest BCUT2D eigenvalue weighted by atomic mass is 9.86. The van der Waals surface area contributed by atoms with E-state index in [0.29, 0.717) is 12.0 Å². The summed E-state index contributed by atoms with van der Waals surface area (Å²) in [7, 11) is 0. The van der Waals surface area contributed by atoms with Crippen LogP contribution in [0.5, 0.6) is 0 Å². The first-order valence-electron chi connectivity index (χ1n) is 15.4. The number of hydrogen-bond donors (Lipinski definition) is 1. The Labute approximate surface area is 218 Å². The van der Waals surface area contributed by atoms with Crippen molar-refractivity contribution in [3.63, 3.8) is 0 Å². The van der Waals surface area contributed by atoms with Gasteiger partial charge in [-0.05, 0) is 24.8 Å². The third-order valence-electron chi connectivity index (χ3n) is 7.93. The van der Waals surface area contributed by atoms with Gasteiger partial charge in [0.15, 0.2) is 0 Å². The SMILES string of the molecule is CCCCCCCCCCCCCCCCCCCC(Cc1ccccc1)C(CC)[n+]1cc[nH]c1. The van der Waals surface area contributed by atoms with E-state index in [-0.39, 0.29) is 0 Å². The molecule has 0 aliphatic rings. The van der Waals surface area contributed by atoms with Crippen molar-refractivity contribution >= 4 is 0 Å². The molecule has 0 amide bonds. The fourth-order valence-electron chi connectivity index (χ4n) is 5.77. The lowest BCUT2D eigenvalue weighted by Crippen LogP contribution is -2.42. The molecular weight excluding hydrogens is 424 g/mol. The Morgan fingerprint density at radius 3 is 1.63 bits per heavy atom. The van der Waals surface area contributed by atoms with E-state index in [0.717, 1.165) is 0 Å². The van der Waals surface area contributed by atoms with Gasteiger partial charge in [0.05, 0.1) is 0 Å². The van der Waals surface area contributed by atoms with Crippen molar-refractivity contribution in [2.75, 3.05) is 0 Å². The summed E-state index contributed by atoms with van der Waals surface area (Å²) in [6.45, 7) is 4.65. The lowest BCUT2D eigenvalue weighted by Gasteiger charge is -2.24. The Balaban J connectivity index is 1.50. The number of aromatic nitrogens is 2. The molecule has 1 heterocycles. The highest BCUT2D eigenvalue weighted by molar-refractivity contribution is 5.15. The molecule has 35 heavy (non-hydrogen) atoms. The molecule has 0 saturated carbocycles. The molecule has 0 aliphatic heterocycles. The van der Waals surface area contributed by atoms with Crippen molar-refractivity contribution < 1.29 is 4.57 Å². The fourth-order valence-corrected chi connectivity index (χ4v) is 5.77. The number of rotatable bonds is 23. The molecule has 0 bridgehead atoms. The normalized spacial score (nSPS) is 13.2. The molecule has 2 atom stereocenters. The average Bonchev–Trinajstić information content (AvgIpc) is 3.41. The summed E-state index contributed by atoms with van der Waals surface area (Å²) in [5.74, 6) is 0.708. The topological polar surface area (TPSA) is 19.7 Å². The molecule has 2 heteroatoms. The molecule has 1 aromatic carbocycles. The van der Waals surface area contributed by atoms with Crippen molar-refractivity contribution in [3.05, 3.63) is 54.6 Å². The van der Waals surface area contributed by atoms with Gasteiger partial charge in [-0.1, -0.05) is 153 Å². The minimum absolute atomic E-state index is 0.586. The van der Waals surface area contributed by atoms with Gasteiger partial charge in [0.2, 0.25) is 6.33 Å². The number of unbranched alkanes of at least 4 members (excludes halogenated alkanes) is 16. The van der Waals surface area contributed by atoms with Crippen molar-refractivity contribution in [3.8, 4) is 0 Å².